The van der Waals surface area contributed by atoms with Gasteiger partial charge >= 0.3 is 0 Å². The van der Waals surface area contributed by atoms with Gasteiger partial charge in [-0.15, -0.1) is 0 Å². The van der Waals surface area contributed by atoms with Crippen LogP contribution in [0.25, 0.3) is 0 Å². The molecule has 2 heteroatoms. The molecule has 0 fully saturated rings. The minimum atomic E-state index is 0.582. The van der Waals surface area contributed by atoms with Crippen LogP contribution in [-0.4, -0.2) is 19.7 Å². The van der Waals surface area contributed by atoms with Crippen LogP contribution in [0.1, 0.15) is 19.4 Å². The lowest BCUT2D eigenvalue weighted by molar-refractivity contribution is 0.348. The summed E-state index contributed by atoms with van der Waals surface area (Å²) in [4.78, 5) is 0. The predicted octanol–water partition coefficient (Wildman–Crippen LogP) is 2.79. The Hall–Kier alpha value is -1.28. The van der Waals surface area contributed by atoms with Gasteiger partial charge < -0.3 is 10.1 Å². The van der Waals surface area contributed by atoms with E-state index in [9.17, 15) is 0 Å². The number of rotatable bonds is 7. The smallest absolute Gasteiger partial charge is 0.119 e. The summed E-state index contributed by atoms with van der Waals surface area (Å²) in [5, 5.41) is 3.22. The van der Waals surface area contributed by atoms with Crippen molar-refractivity contribution in [2.75, 3.05) is 19.7 Å². The first kappa shape index (κ1) is 12.8. The van der Waals surface area contributed by atoms with E-state index >= 15 is 0 Å². The van der Waals surface area contributed by atoms with E-state index < -0.39 is 0 Å². The molecule has 0 saturated heterocycles. The molecule has 0 aliphatic rings. The summed E-state index contributed by atoms with van der Waals surface area (Å²) in [7, 11) is 0. The van der Waals surface area contributed by atoms with Gasteiger partial charge in [0.15, 0.2) is 0 Å². The van der Waals surface area contributed by atoms with Crippen molar-refractivity contribution in [1.29, 1.82) is 0 Å². The average Bonchev–Trinajstić information content (AvgIpc) is 2.34. The van der Waals surface area contributed by atoms with E-state index in [4.69, 9.17) is 4.74 Å². The Morgan fingerprint density at radius 2 is 1.94 bits per heavy atom. The highest BCUT2D eigenvalue weighted by molar-refractivity contribution is 5.27. The number of ether oxygens (including phenoxy) is 1. The van der Waals surface area contributed by atoms with Crippen molar-refractivity contribution in [3.05, 3.63) is 42.0 Å². The maximum Gasteiger partial charge on any atom is 0.119 e. The van der Waals surface area contributed by atoms with Crippen molar-refractivity contribution in [3.8, 4) is 5.75 Å². The summed E-state index contributed by atoms with van der Waals surface area (Å²) in [6.07, 6.45) is 1.06. The monoisotopic (exact) mass is 219 g/mol. The second-order valence-electron chi connectivity index (χ2n) is 3.82. The van der Waals surface area contributed by atoms with Crippen LogP contribution in [0.3, 0.4) is 0 Å². The van der Waals surface area contributed by atoms with E-state index in [1.165, 1.54) is 5.56 Å². The maximum atomic E-state index is 5.62. The van der Waals surface area contributed by atoms with E-state index in [0.29, 0.717) is 6.61 Å². The summed E-state index contributed by atoms with van der Waals surface area (Å²) in [6.45, 7) is 10.5. The molecule has 0 aliphatic heterocycles. The van der Waals surface area contributed by atoms with E-state index in [1.54, 1.807) is 0 Å². The fourth-order valence-electron chi connectivity index (χ4n) is 1.36. The van der Waals surface area contributed by atoms with Crippen molar-refractivity contribution >= 4 is 0 Å². The molecule has 1 rings (SSSR count). The van der Waals surface area contributed by atoms with Crippen molar-refractivity contribution < 1.29 is 4.74 Å². The molecule has 0 saturated carbocycles. The lowest BCUT2D eigenvalue weighted by atomic mass is 10.2. The lowest BCUT2D eigenvalue weighted by Crippen LogP contribution is -2.18. The third kappa shape index (κ3) is 4.49. The van der Waals surface area contributed by atoms with Crippen LogP contribution in [0, 0.1) is 0 Å². The van der Waals surface area contributed by atoms with Crippen LogP contribution in [0.5, 0.6) is 5.75 Å². The second-order valence-corrected chi connectivity index (χ2v) is 3.82. The number of aryl methyl sites for hydroxylation is 1. The summed E-state index contributed by atoms with van der Waals surface area (Å²) in [6, 6.07) is 8.23. The molecule has 0 spiro atoms. The van der Waals surface area contributed by atoms with Gasteiger partial charge in [-0.25, -0.2) is 0 Å². The summed E-state index contributed by atoms with van der Waals surface area (Å²) in [5.74, 6) is 0.912. The standard InChI is InChI=1S/C14H21NO/c1-4-13-6-8-14(9-7-13)16-11-12(3)10-15-5-2/h6-9,15H,3-5,10-11H2,1-2H3. The molecule has 88 valence electrons. The van der Waals surface area contributed by atoms with E-state index in [0.717, 1.165) is 30.8 Å². The van der Waals surface area contributed by atoms with Crippen LogP contribution in [0.4, 0.5) is 0 Å². The molecule has 1 aromatic rings. The fraction of sp³-hybridized carbons (Fsp3) is 0.429. The molecular formula is C14H21NO. The van der Waals surface area contributed by atoms with Crippen molar-refractivity contribution in [1.82, 2.24) is 5.32 Å². The van der Waals surface area contributed by atoms with Gasteiger partial charge in [0.2, 0.25) is 0 Å². The molecule has 1 N–H and O–H groups in total. The Balaban J connectivity index is 2.33. The zero-order chi connectivity index (χ0) is 11.8. The fourth-order valence-corrected chi connectivity index (χ4v) is 1.36. The Bertz CT molecular complexity index is 316. The third-order valence-corrected chi connectivity index (χ3v) is 2.40. The number of nitrogens with one attached hydrogen (secondary N) is 1. The minimum absolute atomic E-state index is 0.582. The molecule has 0 aliphatic carbocycles. The van der Waals surface area contributed by atoms with Crippen LogP contribution in [0.2, 0.25) is 0 Å². The molecular weight excluding hydrogens is 198 g/mol. The molecule has 16 heavy (non-hydrogen) atoms. The summed E-state index contributed by atoms with van der Waals surface area (Å²) in [5.41, 5.74) is 2.40. The number of hydrogen-bond acceptors (Lipinski definition) is 2. The van der Waals surface area contributed by atoms with E-state index in [2.05, 4.69) is 37.9 Å². The van der Waals surface area contributed by atoms with Gasteiger partial charge in [0, 0.05) is 6.54 Å². The molecule has 0 radical (unpaired) electrons. The van der Waals surface area contributed by atoms with Gasteiger partial charge in [0.05, 0.1) is 0 Å². The zero-order valence-electron chi connectivity index (χ0n) is 10.3. The highest BCUT2D eigenvalue weighted by atomic mass is 16.5. The van der Waals surface area contributed by atoms with Crippen LogP contribution in [-0.2, 0) is 6.42 Å². The number of likely N-dealkylation sites (N-methyl/N-ethyl adjacent to an activating group) is 1. The Kier molecular flexibility index (Phi) is 5.65. The number of benzene rings is 1. The molecule has 1 aromatic carbocycles. The third-order valence-electron chi connectivity index (χ3n) is 2.40. The average molecular weight is 219 g/mol. The van der Waals surface area contributed by atoms with Gasteiger partial charge in [-0.2, -0.15) is 0 Å². The number of hydrogen-bond donors (Lipinski definition) is 1. The quantitative estimate of drug-likeness (QED) is 0.712. The maximum absolute atomic E-state index is 5.62. The van der Waals surface area contributed by atoms with Crippen LogP contribution < -0.4 is 10.1 Å². The molecule has 0 heterocycles. The predicted molar refractivity (Wildman–Crippen MR) is 69.0 cm³/mol. The van der Waals surface area contributed by atoms with Crippen molar-refractivity contribution in [2.45, 2.75) is 20.3 Å². The largest absolute Gasteiger partial charge is 0.489 e. The molecule has 2 nitrogen and oxygen atoms in total. The molecule has 0 unspecified atom stereocenters. The van der Waals surface area contributed by atoms with Gasteiger partial charge in [0.25, 0.3) is 0 Å². The Morgan fingerprint density at radius 3 is 2.50 bits per heavy atom. The summed E-state index contributed by atoms with van der Waals surface area (Å²) >= 11 is 0. The normalized spacial score (nSPS) is 10.1. The van der Waals surface area contributed by atoms with Gasteiger partial charge in [-0.05, 0) is 36.2 Å². The SMILES string of the molecule is C=C(CNCC)COc1ccc(CC)cc1. The van der Waals surface area contributed by atoms with Gasteiger partial charge in [-0.3, -0.25) is 0 Å². The minimum Gasteiger partial charge on any atom is -0.489 e. The van der Waals surface area contributed by atoms with Gasteiger partial charge in [0.1, 0.15) is 12.4 Å². The first-order valence-corrected chi connectivity index (χ1v) is 5.85. The van der Waals surface area contributed by atoms with Gasteiger partial charge in [-0.1, -0.05) is 32.6 Å². The molecule has 0 aromatic heterocycles. The van der Waals surface area contributed by atoms with Crippen LogP contribution >= 0.6 is 0 Å². The van der Waals surface area contributed by atoms with E-state index in [1.807, 2.05) is 12.1 Å². The zero-order valence-corrected chi connectivity index (χ0v) is 10.3. The van der Waals surface area contributed by atoms with E-state index in [-0.39, 0.29) is 0 Å². The van der Waals surface area contributed by atoms with Crippen molar-refractivity contribution in [3.63, 3.8) is 0 Å². The molecule has 0 amide bonds. The first-order valence-electron chi connectivity index (χ1n) is 5.85. The Morgan fingerprint density at radius 1 is 1.25 bits per heavy atom. The van der Waals surface area contributed by atoms with Crippen LogP contribution in [0.15, 0.2) is 36.4 Å². The Labute approximate surface area is 98.3 Å². The lowest BCUT2D eigenvalue weighted by Gasteiger charge is -2.09. The second kappa shape index (κ2) is 7.07. The van der Waals surface area contributed by atoms with Crippen molar-refractivity contribution in [2.24, 2.45) is 0 Å². The highest BCUT2D eigenvalue weighted by Gasteiger charge is 1.97. The molecule has 0 atom stereocenters. The molecule has 0 bridgehead atoms. The topological polar surface area (TPSA) is 21.3 Å². The highest BCUT2D eigenvalue weighted by Crippen LogP contribution is 2.13. The first-order chi connectivity index (χ1) is 7.76. The summed E-state index contributed by atoms with van der Waals surface area (Å²) < 4.78 is 5.62.